The molecule has 0 aliphatic rings. The summed E-state index contributed by atoms with van der Waals surface area (Å²) >= 11 is 0. The fraction of sp³-hybridized carbons (Fsp3) is 0.368. The third kappa shape index (κ3) is 5.39. The second-order valence-electron chi connectivity index (χ2n) is 6.42. The Bertz CT molecular complexity index is 956. The lowest BCUT2D eigenvalue weighted by Crippen LogP contribution is -2.15. The number of alkyl halides is 3. The van der Waals surface area contributed by atoms with E-state index in [1.807, 2.05) is 6.92 Å². The minimum Gasteiger partial charge on any atom is -0.508 e. The summed E-state index contributed by atoms with van der Waals surface area (Å²) in [6, 6.07) is 5.67. The van der Waals surface area contributed by atoms with Gasteiger partial charge in [-0.2, -0.15) is 13.2 Å². The second-order valence-corrected chi connectivity index (χ2v) is 7.98. The van der Waals surface area contributed by atoms with Crippen LogP contribution < -0.4 is 9.88 Å². The number of sulfonamides is 1. The van der Waals surface area contributed by atoms with E-state index in [-0.39, 0.29) is 35.7 Å². The number of phenols is 1. The predicted octanol–water partition coefficient (Wildman–Crippen LogP) is 3.94. The van der Waals surface area contributed by atoms with Crippen molar-refractivity contribution in [1.82, 2.24) is 0 Å². The van der Waals surface area contributed by atoms with Gasteiger partial charge in [-0.3, -0.25) is 0 Å². The van der Waals surface area contributed by atoms with Crippen molar-refractivity contribution >= 4 is 10.0 Å². The molecule has 0 heterocycles. The molecule has 5 nitrogen and oxygen atoms in total. The van der Waals surface area contributed by atoms with E-state index in [0.717, 1.165) is 29.3 Å². The van der Waals surface area contributed by atoms with Crippen molar-refractivity contribution in [2.24, 2.45) is 5.14 Å². The van der Waals surface area contributed by atoms with Gasteiger partial charge in [0.05, 0.1) is 17.1 Å². The second kappa shape index (κ2) is 8.40. The van der Waals surface area contributed by atoms with Crippen molar-refractivity contribution in [3.8, 4) is 11.5 Å². The summed E-state index contributed by atoms with van der Waals surface area (Å²) in [5, 5.41) is 14.7. The minimum absolute atomic E-state index is 0.0310. The minimum atomic E-state index is -4.60. The number of halogens is 3. The van der Waals surface area contributed by atoms with Gasteiger partial charge in [-0.05, 0) is 73.2 Å². The molecule has 0 saturated carbocycles. The number of aromatic hydroxyl groups is 1. The van der Waals surface area contributed by atoms with Crippen molar-refractivity contribution in [2.45, 2.75) is 44.2 Å². The van der Waals surface area contributed by atoms with Crippen LogP contribution in [0.1, 0.15) is 35.6 Å². The molecule has 0 spiro atoms. The highest BCUT2D eigenvalue weighted by molar-refractivity contribution is 7.89. The highest BCUT2D eigenvalue weighted by atomic mass is 32.2. The number of hydrogen-bond donors (Lipinski definition) is 2. The maximum Gasteiger partial charge on any atom is 0.416 e. The van der Waals surface area contributed by atoms with E-state index in [1.54, 1.807) is 19.1 Å². The molecule has 0 fully saturated rings. The highest BCUT2D eigenvalue weighted by Gasteiger charge is 2.33. The number of nitrogens with two attached hydrogens (primary N) is 1. The lowest BCUT2D eigenvalue weighted by Gasteiger charge is -2.16. The van der Waals surface area contributed by atoms with Crippen molar-refractivity contribution in [2.75, 3.05) is 6.61 Å². The molecule has 0 aliphatic carbocycles. The smallest absolute Gasteiger partial charge is 0.416 e. The topological polar surface area (TPSA) is 89.6 Å². The number of rotatable bonds is 7. The number of hydrogen-bond acceptors (Lipinski definition) is 4. The van der Waals surface area contributed by atoms with Gasteiger partial charge in [0.2, 0.25) is 10.0 Å². The van der Waals surface area contributed by atoms with Crippen LogP contribution in [0.5, 0.6) is 11.5 Å². The third-order valence-electron chi connectivity index (χ3n) is 4.26. The molecule has 0 amide bonds. The zero-order valence-corrected chi connectivity index (χ0v) is 16.3. The van der Waals surface area contributed by atoms with E-state index in [9.17, 15) is 26.7 Å². The van der Waals surface area contributed by atoms with Crippen molar-refractivity contribution in [3.05, 3.63) is 52.6 Å². The normalized spacial score (nSPS) is 12.2. The first-order chi connectivity index (χ1) is 12.9. The Balaban J connectivity index is 2.17. The van der Waals surface area contributed by atoms with Crippen molar-refractivity contribution in [3.63, 3.8) is 0 Å². The molecule has 3 N–H and O–H groups in total. The Labute approximate surface area is 162 Å². The summed E-state index contributed by atoms with van der Waals surface area (Å²) in [4.78, 5) is -0.362. The zero-order valence-electron chi connectivity index (χ0n) is 15.5. The summed E-state index contributed by atoms with van der Waals surface area (Å²) in [5.41, 5.74) is 0.476. The molecule has 0 aliphatic heterocycles. The van der Waals surface area contributed by atoms with Crippen LogP contribution in [0.15, 0.2) is 35.2 Å². The Kier molecular flexibility index (Phi) is 6.61. The summed E-state index contributed by atoms with van der Waals surface area (Å²) in [6.45, 7) is 3.80. The van der Waals surface area contributed by atoms with Gasteiger partial charge < -0.3 is 9.84 Å². The Morgan fingerprint density at radius 1 is 1.14 bits per heavy atom. The molecule has 0 aromatic heterocycles. The molecule has 0 atom stereocenters. The van der Waals surface area contributed by atoms with E-state index in [1.165, 1.54) is 0 Å². The summed E-state index contributed by atoms with van der Waals surface area (Å²) < 4.78 is 68.2. The molecule has 0 radical (unpaired) electrons. The maximum absolute atomic E-state index is 13.2. The first kappa shape index (κ1) is 22.0. The third-order valence-corrected chi connectivity index (χ3v) is 5.18. The molecule has 2 aromatic carbocycles. The summed E-state index contributed by atoms with van der Waals surface area (Å²) in [7, 11) is -4.10. The lowest BCUT2D eigenvalue weighted by molar-refractivity contribution is -0.138. The molecule has 9 heteroatoms. The first-order valence-electron chi connectivity index (χ1n) is 8.61. The molecular formula is C19H22F3NO4S. The lowest BCUT2D eigenvalue weighted by atomic mass is 10.0. The average Bonchev–Trinajstić information content (AvgIpc) is 2.57. The van der Waals surface area contributed by atoms with Gasteiger partial charge in [0, 0.05) is 0 Å². The molecule has 2 rings (SSSR count). The van der Waals surface area contributed by atoms with Crippen LogP contribution in [0.3, 0.4) is 0 Å². The largest absolute Gasteiger partial charge is 0.508 e. The maximum atomic E-state index is 13.2. The Morgan fingerprint density at radius 2 is 1.82 bits per heavy atom. The van der Waals surface area contributed by atoms with Gasteiger partial charge in [-0.1, -0.05) is 6.92 Å². The van der Waals surface area contributed by atoms with Crippen LogP contribution in [0.2, 0.25) is 0 Å². The van der Waals surface area contributed by atoms with Crippen LogP contribution in [0.25, 0.3) is 0 Å². The zero-order chi connectivity index (χ0) is 21.1. The number of benzene rings is 2. The molecule has 0 saturated heterocycles. The number of phenolic OH excluding ortho intramolecular Hbond substituents is 1. The van der Waals surface area contributed by atoms with Crippen LogP contribution in [0, 0.1) is 6.92 Å². The highest BCUT2D eigenvalue weighted by Crippen LogP contribution is 2.34. The quantitative estimate of drug-likeness (QED) is 0.668. The Morgan fingerprint density at radius 3 is 2.39 bits per heavy atom. The first-order valence-corrected chi connectivity index (χ1v) is 10.2. The monoisotopic (exact) mass is 417 g/mol. The molecule has 2 aromatic rings. The van der Waals surface area contributed by atoms with E-state index >= 15 is 0 Å². The molecule has 0 unspecified atom stereocenters. The fourth-order valence-corrected chi connectivity index (χ4v) is 3.53. The van der Waals surface area contributed by atoms with Crippen molar-refractivity contribution < 1.29 is 31.4 Å². The standard InChI is InChI=1S/C19H22F3NO4S/c1-3-13-10-15(24)9-12(2)18(13)27-8-4-5-14-11-16(28(23,25)26)6-7-17(14)19(20,21)22/h6-7,9-11,24H,3-5,8H2,1-2H3,(H2,23,25,26). The SMILES string of the molecule is CCc1cc(O)cc(C)c1OCCCc1cc(S(N)(=O)=O)ccc1C(F)(F)F. The predicted molar refractivity (Wildman–Crippen MR) is 98.9 cm³/mol. The summed E-state index contributed by atoms with van der Waals surface area (Å²) in [6.07, 6.45) is -3.77. The average molecular weight is 417 g/mol. The van der Waals surface area contributed by atoms with Crippen LogP contribution >= 0.6 is 0 Å². The van der Waals surface area contributed by atoms with Crippen LogP contribution in [-0.2, 0) is 29.0 Å². The molecule has 28 heavy (non-hydrogen) atoms. The Hall–Kier alpha value is -2.26. The van der Waals surface area contributed by atoms with E-state index in [2.05, 4.69) is 0 Å². The van der Waals surface area contributed by atoms with Gasteiger partial charge in [0.1, 0.15) is 11.5 Å². The van der Waals surface area contributed by atoms with Crippen LogP contribution in [-0.4, -0.2) is 20.1 Å². The van der Waals surface area contributed by atoms with E-state index in [0.29, 0.717) is 12.2 Å². The van der Waals surface area contributed by atoms with E-state index < -0.39 is 21.8 Å². The molecular weight excluding hydrogens is 395 g/mol. The van der Waals surface area contributed by atoms with Crippen LogP contribution in [0.4, 0.5) is 13.2 Å². The van der Waals surface area contributed by atoms with E-state index in [4.69, 9.17) is 9.88 Å². The molecule has 0 bridgehead atoms. The summed E-state index contributed by atoms with van der Waals surface area (Å²) in [5.74, 6) is 0.714. The van der Waals surface area contributed by atoms with Gasteiger partial charge in [0.15, 0.2) is 0 Å². The number of aryl methyl sites for hydroxylation is 3. The van der Waals surface area contributed by atoms with Gasteiger partial charge in [-0.25, -0.2) is 13.6 Å². The fourth-order valence-electron chi connectivity index (χ4n) is 2.96. The van der Waals surface area contributed by atoms with Gasteiger partial charge >= 0.3 is 6.18 Å². The van der Waals surface area contributed by atoms with Gasteiger partial charge in [-0.15, -0.1) is 0 Å². The van der Waals surface area contributed by atoms with Gasteiger partial charge in [0.25, 0.3) is 0 Å². The number of primary sulfonamides is 1. The van der Waals surface area contributed by atoms with Crippen molar-refractivity contribution in [1.29, 1.82) is 0 Å². The number of ether oxygens (including phenoxy) is 1. The molecule has 154 valence electrons.